The summed E-state index contributed by atoms with van der Waals surface area (Å²) in [6.45, 7) is 6.27. The van der Waals surface area contributed by atoms with Gasteiger partial charge in [-0.2, -0.15) is 0 Å². The molecule has 0 radical (unpaired) electrons. The molecule has 0 amide bonds. The number of halogens is 2. The molecule has 3 nitrogen and oxygen atoms in total. The lowest BCUT2D eigenvalue weighted by Crippen LogP contribution is -2.34. The van der Waals surface area contributed by atoms with Crippen molar-refractivity contribution in [3.05, 3.63) is 80.6 Å². The molecule has 1 atom stereocenters. The predicted molar refractivity (Wildman–Crippen MR) is 123 cm³/mol. The zero-order valence-electron chi connectivity index (χ0n) is 17.1. The Morgan fingerprint density at radius 2 is 1.87 bits per heavy atom. The molecule has 2 aliphatic rings. The minimum atomic E-state index is -0.252. The second-order valence-corrected chi connectivity index (χ2v) is 9.95. The Bertz CT molecular complexity index is 1260. The van der Waals surface area contributed by atoms with Crippen molar-refractivity contribution in [1.82, 2.24) is 4.98 Å². The number of nitrogens with one attached hydrogen (secondary N) is 1. The number of allylic oxidation sites excluding steroid dienone is 2. The van der Waals surface area contributed by atoms with Gasteiger partial charge in [0.2, 0.25) is 0 Å². The molecule has 2 heterocycles. The van der Waals surface area contributed by atoms with Gasteiger partial charge in [0.25, 0.3) is 0 Å². The quantitative estimate of drug-likeness (QED) is 0.444. The molecule has 0 spiro atoms. The number of anilines is 1. The molecule has 0 fully saturated rings. The average molecular weight is 437 g/mol. The maximum absolute atomic E-state index is 13.4. The van der Waals surface area contributed by atoms with E-state index in [-0.39, 0.29) is 17.1 Å². The van der Waals surface area contributed by atoms with Crippen molar-refractivity contribution in [3.63, 3.8) is 0 Å². The van der Waals surface area contributed by atoms with E-state index < -0.39 is 0 Å². The van der Waals surface area contributed by atoms with Crippen LogP contribution in [-0.4, -0.2) is 10.8 Å². The number of benzene rings is 2. The Morgan fingerprint density at radius 1 is 1.07 bits per heavy atom. The smallest absolute Gasteiger partial charge is 0.162 e. The van der Waals surface area contributed by atoms with Crippen LogP contribution in [-0.2, 0) is 4.79 Å². The summed E-state index contributed by atoms with van der Waals surface area (Å²) < 4.78 is 0. The van der Waals surface area contributed by atoms with Gasteiger partial charge in [0.15, 0.2) is 5.78 Å². The molecule has 0 saturated heterocycles. The topological polar surface area (TPSA) is 42.0 Å². The van der Waals surface area contributed by atoms with Crippen LogP contribution in [0.15, 0.2) is 53.7 Å². The van der Waals surface area contributed by atoms with E-state index in [9.17, 15) is 4.79 Å². The van der Waals surface area contributed by atoms with E-state index in [1.54, 1.807) is 6.07 Å². The fraction of sp³-hybridized carbons (Fsp3) is 0.280. The van der Waals surface area contributed by atoms with Crippen molar-refractivity contribution in [1.29, 1.82) is 0 Å². The van der Waals surface area contributed by atoms with Crippen molar-refractivity contribution < 1.29 is 4.79 Å². The third-order valence-corrected chi connectivity index (χ3v) is 6.67. The highest BCUT2D eigenvalue weighted by atomic mass is 35.5. The van der Waals surface area contributed by atoms with E-state index in [1.807, 2.05) is 31.2 Å². The summed E-state index contributed by atoms with van der Waals surface area (Å²) in [7, 11) is 0. The lowest BCUT2D eigenvalue weighted by molar-refractivity contribution is -0.118. The van der Waals surface area contributed by atoms with Gasteiger partial charge < -0.3 is 5.32 Å². The van der Waals surface area contributed by atoms with Gasteiger partial charge in [-0.15, -0.1) is 0 Å². The number of hydrogen-bond donors (Lipinski definition) is 1. The summed E-state index contributed by atoms with van der Waals surface area (Å²) in [5.41, 5.74) is 6.57. The van der Waals surface area contributed by atoms with E-state index in [4.69, 9.17) is 28.2 Å². The van der Waals surface area contributed by atoms with E-state index in [1.165, 1.54) is 0 Å². The zero-order chi connectivity index (χ0) is 21.2. The Kier molecular flexibility index (Phi) is 4.46. The first-order valence-corrected chi connectivity index (χ1v) is 10.9. The molecule has 1 aliphatic carbocycles. The maximum Gasteiger partial charge on any atom is 0.162 e. The van der Waals surface area contributed by atoms with Crippen molar-refractivity contribution in [2.24, 2.45) is 5.41 Å². The Hall–Kier alpha value is -2.36. The van der Waals surface area contributed by atoms with Crippen LogP contribution in [0.25, 0.3) is 10.9 Å². The summed E-state index contributed by atoms with van der Waals surface area (Å²) in [5.74, 6) is -0.0784. The van der Waals surface area contributed by atoms with E-state index >= 15 is 0 Å². The highest BCUT2D eigenvalue weighted by Gasteiger charge is 2.41. The van der Waals surface area contributed by atoms with E-state index in [0.717, 1.165) is 51.1 Å². The molecule has 3 aromatic rings. The molecule has 0 bridgehead atoms. The van der Waals surface area contributed by atoms with Crippen LogP contribution < -0.4 is 5.32 Å². The largest absolute Gasteiger partial charge is 0.358 e. The van der Waals surface area contributed by atoms with Gasteiger partial charge in [-0.05, 0) is 60.2 Å². The number of Topliss-reactive ketones (excluding diaryl/α,β-unsaturated/α-hetero) is 1. The number of nitrogens with zero attached hydrogens (tertiary/aromatic N) is 1. The first kappa shape index (κ1) is 19.6. The van der Waals surface area contributed by atoms with Gasteiger partial charge in [-0.1, -0.05) is 49.2 Å². The standard InChI is InChI=1S/C25H22Cl2N2O/c1-13-4-6-16-18(28-13)8-9-19-22(16)23(15-7-5-14(26)10-17(15)27)24-20(29-19)11-25(2,3)12-21(24)30/h4-10,23,29H,11-12H2,1-3H3/t23-/m0/s1. The first-order chi connectivity index (χ1) is 14.2. The van der Waals surface area contributed by atoms with Crippen LogP contribution in [0.1, 0.15) is 49.4 Å². The molecular formula is C25H22Cl2N2O. The highest BCUT2D eigenvalue weighted by molar-refractivity contribution is 6.35. The molecular weight excluding hydrogens is 415 g/mol. The van der Waals surface area contributed by atoms with Crippen molar-refractivity contribution in [3.8, 4) is 0 Å². The molecule has 30 heavy (non-hydrogen) atoms. The fourth-order valence-corrected chi connectivity index (χ4v) is 5.40. The molecule has 152 valence electrons. The highest BCUT2D eigenvalue weighted by Crippen LogP contribution is 2.51. The van der Waals surface area contributed by atoms with Crippen LogP contribution in [0.3, 0.4) is 0 Å². The van der Waals surface area contributed by atoms with Crippen molar-refractivity contribution in [2.45, 2.75) is 39.5 Å². The van der Waals surface area contributed by atoms with Crippen LogP contribution in [0.4, 0.5) is 5.69 Å². The molecule has 1 aliphatic heterocycles. The van der Waals surface area contributed by atoms with Gasteiger partial charge in [-0.3, -0.25) is 9.78 Å². The summed E-state index contributed by atoms with van der Waals surface area (Å²) in [6, 6.07) is 13.8. The lowest BCUT2D eigenvalue weighted by Gasteiger charge is -2.40. The normalized spacial score (nSPS) is 20.0. The molecule has 0 unspecified atom stereocenters. The second-order valence-electron chi connectivity index (χ2n) is 9.10. The summed E-state index contributed by atoms with van der Waals surface area (Å²) in [6.07, 6.45) is 1.34. The third-order valence-electron chi connectivity index (χ3n) is 6.11. The summed E-state index contributed by atoms with van der Waals surface area (Å²) in [4.78, 5) is 18.1. The third kappa shape index (κ3) is 3.12. The Labute approximate surface area is 186 Å². The number of hydrogen-bond acceptors (Lipinski definition) is 3. The van der Waals surface area contributed by atoms with Crippen LogP contribution in [0.2, 0.25) is 10.0 Å². The first-order valence-electron chi connectivity index (χ1n) is 10.1. The van der Waals surface area contributed by atoms with E-state index in [0.29, 0.717) is 16.5 Å². The SMILES string of the molecule is Cc1ccc2c3c(ccc2n1)NC1=C(C(=O)CC(C)(C)C1)[C@H]3c1ccc(Cl)cc1Cl. The summed E-state index contributed by atoms with van der Waals surface area (Å²) in [5, 5.41) is 5.77. The summed E-state index contributed by atoms with van der Waals surface area (Å²) >= 11 is 12.9. The molecule has 5 rings (SSSR count). The van der Waals surface area contributed by atoms with Crippen LogP contribution in [0, 0.1) is 12.3 Å². The van der Waals surface area contributed by atoms with Gasteiger partial charge in [0, 0.05) is 50.4 Å². The number of carbonyl (C=O) groups excluding carboxylic acids is 1. The number of aryl methyl sites for hydroxylation is 1. The predicted octanol–water partition coefficient (Wildman–Crippen LogP) is 7.05. The molecule has 5 heteroatoms. The molecule has 1 aromatic heterocycles. The number of rotatable bonds is 1. The minimum Gasteiger partial charge on any atom is -0.358 e. The van der Waals surface area contributed by atoms with Crippen LogP contribution in [0.5, 0.6) is 0 Å². The number of pyridine rings is 1. The zero-order valence-corrected chi connectivity index (χ0v) is 18.7. The minimum absolute atomic E-state index is 0.0791. The van der Waals surface area contributed by atoms with Gasteiger partial charge in [-0.25, -0.2) is 0 Å². The van der Waals surface area contributed by atoms with Crippen LogP contribution >= 0.6 is 23.2 Å². The van der Waals surface area contributed by atoms with Gasteiger partial charge in [0.05, 0.1) is 5.52 Å². The number of ketones is 1. The molecule has 2 aromatic carbocycles. The number of aromatic nitrogens is 1. The maximum atomic E-state index is 13.4. The Balaban J connectivity index is 1.84. The molecule has 1 N–H and O–H groups in total. The van der Waals surface area contributed by atoms with E-state index in [2.05, 4.69) is 31.3 Å². The fourth-order valence-electron chi connectivity index (χ4n) is 4.88. The average Bonchev–Trinajstić information content (AvgIpc) is 2.65. The number of carbonyl (C=O) groups is 1. The van der Waals surface area contributed by atoms with Crippen molar-refractivity contribution >= 4 is 45.6 Å². The van der Waals surface area contributed by atoms with Gasteiger partial charge in [0.1, 0.15) is 0 Å². The van der Waals surface area contributed by atoms with Gasteiger partial charge >= 0.3 is 0 Å². The Morgan fingerprint density at radius 3 is 2.63 bits per heavy atom. The van der Waals surface area contributed by atoms with Crippen molar-refractivity contribution in [2.75, 3.05) is 5.32 Å². The number of fused-ring (bicyclic) bond motifs is 3. The second kappa shape index (κ2) is 6.83. The lowest BCUT2D eigenvalue weighted by atomic mass is 9.68. The molecule has 0 saturated carbocycles. The monoisotopic (exact) mass is 436 g/mol.